The topological polar surface area (TPSA) is 17.1 Å². The lowest BCUT2D eigenvalue weighted by Gasteiger charge is -1.81. The normalized spacial score (nSPS) is 19.3. The van der Waals surface area contributed by atoms with Gasteiger partial charge >= 0.3 is 0 Å². The first-order chi connectivity index (χ1) is 5.20. The molecule has 1 atom stereocenters. The second-order valence-corrected chi connectivity index (χ2v) is 3.25. The minimum absolute atomic E-state index is 0.0579. The van der Waals surface area contributed by atoms with Crippen molar-refractivity contribution in [1.82, 2.24) is 0 Å². The summed E-state index contributed by atoms with van der Waals surface area (Å²) in [6.45, 7) is 1.61. The van der Waals surface area contributed by atoms with Crippen molar-refractivity contribution in [3.05, 3.63) is 34.3 Å². The Kier molecular flexibility index (Phi) is 1.30. The average molecular weight is 167 g/mol. The van der Waals surface area contributed by atoms with Gasteiger partial charge in [-0.1, -0.05) is 17.7 Å². The van der Waals surface area contributed by atoms with Crippen LogP contribution in [0, 0.1) is 0 Å². The van der Waals surface area contributed by atoms with Crippen LogP contribution >= 0.6 is 11.6 Å². The lowest BCUT2D eigenvalue weighted by atomic mass is 10.2. The molecule has 0 saturated carbocycles. The summed E-state index contributed by atoms with van der Waals surface area (Å²) in [5.41, 5.74) is 2.24. The molecule has 0 aromatic heterocycles. The molecule has 1 nitrogen and oxygen atoms in total. The number of ketones is 1. The van der Waals surface area contributed by atoms with Crippen LogP contribution in [0.5, 0.6) is 0 Å². The van der Waals surface area contributed by atoms with Crippen molar-refractivity contribution in [1.29, 1.82) is 0 Å². The fourth-order valence-corrected chi connectivity index (χ4v) is 1.60. The van der Waals surface area contributed by atoms with Gasteiger partial charge in [0.05, 0.1) is 5.92 Å². The maximum Gasteiger partial charge on any atom is 0.141 e. The quantitative estimate of drug-likeness (QED) is 0.626. The number of hydrogen-bond acceptors (Lipinski definition) is 1. The zero-order chi connectivity index (χ0) is 8.01. The molecule has 11 heavy (non-hydrogen) atoms. The minimum atomic E-state index is 0.0579. The molecule has 0 saturated heterocycles. The Hall–Kier alpha value is -0.820. The highest BCUT2D eigenvalue weighted by atomic mass is 35.5. The van der Waals surface area contributed by atoms with Gasteiger partial charge in [-0.25, -0.2) is 0 Å². The molecule has 1 aromatic rings. The summed E-state index contributed by atoms with van der Waals surface area (Å²) in [4.78, 5) is 10.9. The van der Waals surface area contributed by atoms with Crippen LogP contribution in [0.15, 0.2) is 18.2 Å². The predicted octanol–water partition coefficient (Wildman–Crippen LogP) is 2.37. The molecule has 1 aliphatic rings. The molecule has 0 aliphatic heterocycles. The predicted molar refractivity (Wildman–Crippen MR) is 44.0 cm³/mol. The third-order valence-electron chi connectivity index (χ3n) is 1.99. The summed E-state index contributed by atoms with van der Waals surface area (Å²) in [5, 5.41) is 0.715. The standard InChI is InChI=1S/C9H7ClO/c1-5(11)9-7-3-2-6(10)4-8(7)9/h2-4,9H,1H3/t9-/m0/s1. The van der Waals surface area contributed by atoms with Gasteiger partial charge in [0.1, 0.15) is 5.78 Å². The summed E-state index contributed by atoms with van der Waals surface area (Å²) >= 11 is 5.74. The van der Waals surface area contributed by atoms with E-state index < -0.39 is 0 Å². The molecular weight excluding hydrogens is 160 g/mol. The Morgan fingerprint density at radius 2 is 2.18 bits per heavy atom. The molecule has 2 rings (SSSR count). The fraction of sp³-hybridized carbons (Fsp3) is 0.222. The van der Waals surface area contributed by atoms with E-state index in [1.165, 1.54) is 0 Å². The molecule has 56 valence electrons. The van der Waals surface area contributed by atoms with Crippen LogP contribution < -0.4 is 0 Å². The van der Waals surface area contributed by atoms with Crippen molar-refractivity contribution in [2.75, 3.05) is 0 Å². The number of fused-ring (bicyclic) bond motifs is 1. The van der Waals surface area contributed by atoms with Crippen molar-refractivity contribution in [2.24, 2.45) is 0 Å². The first-order valence-electron chi connectivity index (χ1n) is 3.50. The Morgan fingerprint density at radius 1 is 1.45 bits per heavy atom. The third-order valence-corrected chi connectivity index (χ3v) is 2.23. The number of carbonyl (C=O) groups is 1. The van der Waals surface area contributed by atoms with E-state index in [2.05, 4.69) is 0 Å². The molecule has 1 aliphatic carbocycles. The van der Waals surface area contributed by atoms with E-state index in [-0.39, 0.29) is 11.7 Å². The zero-order valence-corrected chi connectivity index (χ0v) is 6.85. The molecule has 0 unspecified atom stereocenters. The lowest BCUT2D eigenvalue weighted by molar-refractivity contribution is -0.116. The molecular formula is C9H7ClO. The molecule has 0 heterocycles. The number of carbonyl (C=O) groups excluding carboxylic acids is 1. The van der Waals surface area contributed by atoms with Gasteiger partial charge in [0.2, 0.25) is 0 Å². The Bertz CT molecular complexity index is 330. The SMILES string of the molecule is CC(=O)[C@H]1c2ccc(Cl)cc21. The minimum Gasteiger partial charge on any atom is -0.299 e. The van der Waals surface area contributed by atoms with Crippen molar-refractivity contribution >= 4 is 17.4 Å². The smallest absolute Gasteiger partial charge is 0.141 e. The summed E-state index contributed by atoms with van der Waals surface area (Å²) in [6, 6.07) is 5.61. The van der Waals surface area contributed by atoms with Crippen molar-refractivity contribution in [3.63, 3.8) is 0 Å². The van der Waals surface area contributed by atoms with E-state index in [0.29, 0.717) is 5.02 Å². The molecule has 2 heteroatoms. The molecule has 1 aromatic carbocycles. The van der Waals surface area contributed by atoms with Gasteiger partial charge in [-0.15, -0.1) is 0 Å². The highest BCUT2D eigenvalue weighted by Gasteiger charge is 2.35. The number of benzene rings is 1. The summed E-state index contributed by atoms with van der Waals surface area (Å²) < 4.78 is 0. The maximum absolute atomic E-state index is 10.9. The van der Waals surface area contributed by atoms with E-state index in [1.807, 2.05) is 18.2 Å². The van der Waals surface area contributed by atoms with Gasteiger partial charge in [-0.05, 0) is 30.2 Å². The van der Waals surface area contributed by atoms with Gasteiger partial charge in [0.15, 0.2) is 0 Å². The van der Waals surface area contributed by atoms with E-state index in [9.17, 15) is 4.79 Å². The van der Waals surface area contributed by atoms with E-state index in [4.69, 9.17) is 11.6 Å². The lowest BCUT2D eigenvalue weighted by Crippen LogP contribution is -1.89. The molecule has 0 N–H and O–H groups in total. The zero-order valence-electron chi connectivity index (χ0n) is 6.10. The van der Waals surface area contributed by atoms with Crippen molar-refractivity contribution in [2.45, 2.75) is 12.8 Å². The maximum atomic E-state index is 10.9. The van der Waals surface area contributed by atoms with Crippen LogP contribution in [0.1, 0.15) is 24.0 Å². The second-order valence-electron chi connectivity index (χ2n) is 2.82. The van der Waals surface area contributed by atoms with E-state index >= 15 is 0 Å². The van der Waals surface area contributed by atoms with Crippen LogP contribution in [0.25, 0.3) is 0 Å². The van der Waals surface area contributed by atoms with Crippen molar-refractivity contribution in [3.8, 4) is 0 Å². The summed E-state index contributed by atoms with van der Waals surface area (Å²) in [5.74, 6) is 0.268. The Labute approximate surface area is 70.0 Å². The number of Topliss-reactive ketones (excluding diaryl/α,β-unsaturated/α-hetero) is 1. The monoisotopic (exact) mass is 166 g/mol. The van der Waals surface area contributed by atoms with E-state index in [1.54, 1.807) is 6.92 Å². The van der Waals surface area contributed by atoms with Gasteiger partial charge in [0, 0.05) is 5.02 Å². The Balaban J connectivity index is 2.38. The molecule has 0 bridgehead atoms. The highest BCUT2D eigenvalue weighted by molar-refractivity contribution is 6.30. The number of hydrogen-bond donors (Lipinski definition) is 0. The largest absolute Gasteiger partial charge is 0.299 e. The fourth-order valence-electron chi connectivity index (χ4n) is 1.42. The first kappa shape index (κ1) is 6.86. The average Bonchev–Trinajstić information content (AvgIpc) is 2.60. The molecule has 0 amide bonds. The highest BCUT2D eigenvalue weighted by Crippen LogP contribution is 2.44. The summed E-state index contributed by atoms with van der Waals surface area (Å²) in [7, 11) is 0. The summed E-state index contributed by atoms with van der Waals surface area (Å²) in [6.07, 6.45) is 0. The second kappa shape index (κ2) is 2.08. The molecule has 0 fully saturated rings. The number of halogens is 1. The van der Waals surface area contributed by atoms with Crippen LogP contribution in [-0.2, 0) is 4.79 Å². The van der Waals surface area contributed by atoms with Gasteiger partial charge in [-0.2, -0.15) is 0 Å². The van der Waals surface area contributed by atoms with Crippen LogP contribution in [0.3, 0.4) is 0 Å². The Morgan fingerprint density at radius 3 is 2.73 bits per heavy atom. The molecule has 0 radical (unpaired) electrons. The third kappa shape index (κ3) is 0.962. The van der Waals surface area contributed by atoms with Gasteiger partial charge < -0.3 is 0 Å². The van der Waals surface area contributed by atoms with Crippen LogP contribution in [0.2, 0.25) is 5.02 Å². The van der Waals surface area contributed by atoms with E-state index in [0.717, 1.165) is 11.1 Å². The van der Waals surface area contributed by atoms with Gasteiger partial charge in [0.25, 0.3) is 0 Å². The van der Waals surface area contributed by atoms with Crippen LogP contribution in [0.4, 0.5) is 0 Å². The number of rotatable bonds is 1. The first-order valence-corrected chi connectivity index (χ1v) is 3.88. The van der Waals surface area contributed by atoms with Gasteiger partial charge in [-0.3, -0.25) is 4.79 Å². The van der Waals surface area contributed by atoms with Crippen LogP contribution in [-0.4, -0.2) is 5.78 Å². The van der Waals surface area contributed by atoms with Crippen molar-refractivity contribution < 1.29 is 4.79 Å². The molecule has 0 spiro atoms.